The Kier molecular flexibility index (Phi) is 6.64. The molecule has 0 radical (unpaired) electrons. The lowest BCUT2D eigenvalue weighted by atomic mass is 10.1. The Hall–Kier alpha value is -2.00. The van der Waals surface area contributed by atoms with Crippen molar-refractivity contribution in [2.75, 3.05) is 14.2 Å². The Labute approximate surface area is 131 Å². The second kappa shape index (κ2) is 8.02. The van der Waals surface area contributed by atoms with E-state index in [9.17, 15) is 23.3 Å². The largest absolute Gasteiger partial charge is 0.429 e. The average molecular weight is 334 g/mol. The van der Waals surface area contributed by atoms with E-state index >= 15 is 0 Å². The topological polar surface area (TPSA) is 74.0 Å². The Bertz CT molecular complexity index is 554. The molecule has 0 saturated carbocycles. The number of alkyl halides is 3. The van der Waals surface area contributed by atoms with Crippen LogP contribution in [0.1, 0.15) is 12.5 Å². The summed E-state index contributed by atoms with van der Waals surface area (Å²) in [4.78, 5) is 13.6. The van der Waals surface area contributed by atoms with Gasteiger partial charge < -0.3 is 9.47 Å². The number of aliphatic imine (C=N–C) groups is 1. The number of ether oxygens (including phenoxy) is 2. The van der Waals surface area contributed by atoms with Gasteiger partial charge in [-0.1, -0.05) is 12.1 Å². The zero-order chi connectivity index (χ0) is 17.6. The van der Waals surface area contributed by atoms with Gasteiger partial charge in [-0.2, -0.15) is 13.2 Å². The first-order valence-corrected chi connectivity index (χ1v) is 6.61. The molecule has 0 bridgehead atoms. The lowest BCUT2D eigenvalue weighted by Crippen LogP contribution is -2.32. The fourth-order valence-electron chi connectivity index (χ4n) is 1.94. The zero-order valence-electron chi connectivity index (χ0n) is 12.8. The summed E-state index contributed by atoms with van der Waals surface area (Å²) in [6.45, 7) is 1.44. The first-order valence-electron chi connectivity index (χ1n) is 6.61. The van der Waals surface area contributed by atoms with Crippen LogP contribution in [0.5, 0.6) is 0 Å². The Morgan fingerprint density at radius 1 is 1.26 bits per heavy atom. The standard InChI is InChI=1S/C14H17F3N2O4/c1-9(13(22-2)23-3)18-12(14(15,16)17)8-10-4-6-11(7-5-10)19(20)21/h4-7,9,13H,8H2,1-3H3. The predicted molar refractivity (Wildman–Crippen MR) is 77.6 cm³/mol. The molecule has 1 aromatic carbocycles. The molecule has 0 aliphatic carbocycles. The van der Waals surface area contributed by atoms with Gasteiger partial charge >= 0.3 is 6.18 Å². The van der Waals surface area contributed by atoms with Gasteiger partial charge in [0.2, 0.25) is 0 Å². The van der Waals surface area contributed by atoms with Gasteiger partial charge in [0, 0.05) is 32.8 Å². The van der Waals surface area contributed by atoms with Crippen LogP contribution in [0.25, 0.3) is 0 Å². The number of nitro groups is 1. The van der Waals surface area contributed by atoms with E-state index in [4.69, 9.17) is 9.47 Å². The van der Waals surface area contributed by atoms with E-state index < -0.39 is 35.6 Å². The van der Waals surface area contributed by atoms with E-state index in [1.54, 1.807) is 0 Å². The third-order valence-electron chi connectivity index (χ3n) is 3.06. The highest BCUT2D eigenvalue weighted by atomic mass is 19.4. The SMILES string of the molecule is COC(OC)C(C)N=C(Cc1ccc([N+](=O)[O-])cc1)C(F)(F)F. The molecule has 1 rings (SSSR count). The van der Waals surface area contributed by atoms with Crippen LogP contribution in [0.15, 0.2) is 29.3 Å². The summed E-state index contributed by atoms with van der Waals surface area (Å²) in [7, 11) is 2.62. The summed E-state index contributed by atoms with van der Waals surface area (Å²) in [5, 5.41) is 10.6. The van der Waals surface area contributed by atoms with Crippen molar-refractivity contribution < 1.29 is 27.6 Å². The molecule has 0 aromatic heterocycles. The predicted octanol–water partition coefficient (Wildman–Crippen LogP) is 3.15. The molecule has 0 N–H and O–H groups in total. The lowest BCUT2D eigenvalue weighted by molar-refractivity contribution is -0.384. The Balaban J connectivity index is 3.01. The van der Waals surface area contributed by atoms with Gasteiger partial charge in [0.1, 0.15) is 5.71 Å². The second-order valence-corrected chi connectivity index (χ2v) is 4.75. The number of rotatable bonds is 7. The van der Waals surface area contributed by atoms with E-state index in [0.29, 0.717) is 0 Å². The third kappa shape index (κ3) is 5.61. The molecule has 1 aromatic rings. The monoisotopic (exact) mass is 334 g/mol. The van der Waals surface area contributed by atoms with Gasteiger partial charge in [-0.05, 0) is 12.5 Å². The summed E-state index contributed by atoms with van der Waals surface area (Å²) in [5.41, 5.74) is -0.922. The maximum absolute atomic E-state index is 13.1. The van der Waals surface area contributed by atoms with Crippen molar-refractivity contribution in [3.63, 3.8) is 0 Å². The number of nitrogens with zero attached hydrogens (tertiary/aromatic N) is 2. The molecule has 0 aliphatic heterocycles. The number of hydrogen-bond acceptors (Lipinski definition) is 5. The van der Waals surface area contributed by atoms with Crippen LogP contribution < -0.4 is 0 Å². The Morgan fingerprint density at radius 3 is 2.17 bits per heavy atom. The molecular formula is C14H17F3N2O4. The number of benzene rings is 1. The van der Waals surface area contributed by atoms with Gasteiger partial charge in [0.15, 0.2) is 6.29 Å². The lowest BCUT2D eigenvalue weighted by Gasteiger charge is -2.20. The van der Waals surface area contributed by atoms with Crippen LogP contribution in [-0.4, -0.2) is 43.4 Å². The highest BCUT2D eigenvalue weighted by Crippen LogP contribution is 2.23. The molecule has 0 fully saturated rings. The van der Waals surface area contributed by atoms with E-state index in [1.807, 2.05) is 0 Å². The smallest absolute Gasteiger partial charge is 0.354 e. The summed E-state index contributed by atoms with van der Waals surface area (Å²) < 4.78 is 49.2. The molecule has 6 nitrogen and oxygen atoms in total. The van der Waals surface area contributed by atoms with Crippen LogP contribution in [-0.2, 0) is 15.9 Å². The zero-order valence-corrected chi connectivity index (χ0v) is 12.8. The molecule has 0 amide bonds. The summed E-state index contributed by atoms with van der Waals surface area (Å²) in [6, 6.07) is 3.99. The number of non-ortho nitro benzene ring substituents is 1. The molecule has 0 saturated heterocycles. The summed E-state index contributed by atoms with van der Waals surface area (Å²) >= 11 is 0. The molecule has 0 heterocycles. The first-order chi connectivity index (χ1) is 10.7. The van der Waals surface area contributed by atoms with Crippen LogP contribution >= 0.6 is 0 Å². The number of nitro benzene ring substituents is 1. The van der Waals surface area contributed by atoms with Crippen molar-refractivity contribution in [2.45, 2.75) is 31.9 Å². The minimum absolute atomic E-state index is 0.188. The van der Waals surface area contributed by atoms with E-state index in [0.717, 1.165) is 12.1 Å². The maximum Gasteiger partial charge on any atom is 0.429 e. The minimum Gasteiger partial charge on any atom is -0.354 e. The average Bonchev–Trinajstić information content (AvgIpc) is 2.47. The fourth-order valence-corrected chi connectivity index (χ4v) is 1.94. The van der Waals surface area contributed by atoms with Crippen molar-refractivity contribution in [1.29, 1.82) is 0 Å². The number of hydrogen-bond donors (Lipinski definition) is 0. The normalized spacial score (nSPS) is 14.1. The van der Waals surface area contributed by atoms with Crippen molar-refractivity contribution >= 4 is 11.4 Å². The molecule has 9 heteroatoms. The maximum atomic E-state index is 13.1. The molecular weight excluding hydrogens is 317 g/mol. The van der Waals surface area contributed by atoms with Crippen LogP contribution in [0.4, 0.5) is 18.9 Å². The number of methoxy groups -OCH3 is 2. The Morgan fingerprint density at radius 2 is 1.78 bits per heavy atom. The highest BCUT2D eigenvalue weighted by molar-refractivity contribution is 5.91. The molecule has 0 spiro atoms. The van der Waals surface area contributed by atoms with Gasteiger partial charge in [0.05, 0.1) is 11.0 Å². The van der Waals surface area contributed by atoms with Crippen LogP contribution in [0.3, 0.4) is 0 Å². The molecule has 128 valence electrons. The highest BCUT2D eigenvalue weighted by Gasteiger charge is 2.36. The van der Waals surface area contributed by atoms with Crippen LogP contribution in [0, 0.1) is 10.1 Å². The summed E-state index contributed by atoms with van der Waals surface area (Å²) in [5.74, 6) is 0. The van der Waals surface area contributed by atoms with Gasteiger partial charge in [-0.15, -0.1) is 0 Å². The van der Waals surface area contributed by atoms with Crippen molar-refractivity contribution in [1.82, 2.24) is 0 Å². The van der Waals surface area contributed by atoms with E-state index in [2.05, 4.69) is 4.99 Å². The molecule has 23 heavy (non-hydrogen) atoms. The second-order valence-electron chi connectivity index (χ2n) is 4.75. The minimum atomic E-state index is -4.62. The van der Waals surface area contributed by atoms with Gasteiger partial charge in [-0.25, -0.2) is 0 Å². The fraction of sp³-hybridized carbons (Fsp3) is 0.500. The third-order valence-corrected chi connectivity index (χ3v) is 3.06. The van der Waals surface area contributed by atoms with E-state index in [1.165, 1.54) is 33.3 Å². The van der Waals surface area contributed by atoms with Crippen molar-refractivity contribution in [3.8, 4) is 0 Å². The number of halogens is 3. The molecule has 1 atom stereocenters. The van der Waals surface area contributed by atoms with Gasteiger partial charge in [0.25, 0.3) is 5.69 Å². The van der Waals surface area contributed by atoms with Crippen LogP contribution in [0.2, 0.25) is 0 Å². The van der Waals surface area contributed by atoms with Crippen molar-refractivity contribution in [3.05, 3.63) is 39.9 Å². The molecule has 0 aliphatic rings. The first kappa shape index (κ1) is 19.0. The summed E-state index contributed by atoms with van der Waals surface area (Å²) in [6.07, 6.45) is -6.02. The quantitative estimate of drug-likeness (QED) is 0.332. The molecule has 1 unspecified atom stereocenters. The van der Waals surface area contributed by atoms with Gasteiger partial charge in [-0.3, -0.25) is 15.1 Å². The van der Waals surface area contributed by atoms with E-state index in [-0.39, 0.29) is 11.3 Å². The van der Waals surface area contributed by atoms with Crippen molar-refractivity contribution in [2.24, 2.45) is 4.99 Å².